The van der Waals surface area contributed by atoms with E-state index in [0.717, 1.165) is 11.1 Å². The average molecular weight is 466 g/mol. The number of ether oxygens (including phenoxy) is 3. The molecule has 9 heteroatoms. The van der Waals surface area contributed by atoms with Crippen LogP contribution in [0.25, 0.3) is 0 Å². The second kappa shape index (κ2) is 11.6. The fourth-order valence-corrected chi connectivity index (χ4v) is 3.19. The van der Waals surface area contributed by atoms with Crippen molar-refractivity contribution in [3.05, 3.63) is 45.2 Å². The predicted molar refractivity (Wildman–Crippen MR) is 120 cm³/mol. The lowest BCUT2D eigenvalue weighted by molar-refractivity contribution is -0.116. The Hall–Kier alpha value is -3.00. The second-order valence-electron chi connectivity index (χ2n) is 7.05. The molecule has 1 aromatic heterocycles. The Morgan fingerprint density at radius 1 is 0.969 bits per heavy atom. The highest BCUT2D eigenvalue weighted by molar-refractivity contribution is 6.32. The molecule has 0 saturated carbocycles. The quantitative estimate of drug-likeness (QED) is 0.388. The fraction of sp³-hybridized carbons (Fsp3) is 0.435. The topological polar surface area (TPSA) is 104 Å². The van der Waals surface area contributed by atoms with Crippen molar-refractivity contribution in [1.29, 1.82) is 0 Å². The van der Waals surface area contributed by atoms with Gasteiger partial charge in [-0.2, -0.15) is 0 Å². The van der Waals surface area contributed by atoms with E-state index in [0.29, 0.717) is 23.8 Å². The number of furan rings is 1. The number of carbonyl (C=O) groups excluding carboxylic acids is 3. The van der Waals surface area contributed by atoms with Gasteiger partial charge in [-0.25, -0.2) is 9.59 Å². The van der Waals surface area contributed by atoms with E-state index in [1.54, 1.807) is 13.8 Å². The minimum Gasteiger partial charge on any atom is -0.494 e. The Balaban J connectivity index is 2.03. The molecule has 1 amide bonds. The molecular formula is C23H28ClNO7. The summed E-state index contributed by atoms with van der Waals surface area (Å²) >= 11 is 6.15. The van der Waals surface area contributed by atoms with Gasteiger partial charge in [0.25, 0.3) is 0 Å². The molecule has 1 heterocycles. The zero-order valence-electron chi connectivity index (χ0n) is 18.9. The lowest BCUT2D eigenvalue weighted by Crippen LogP contribution is -2.17. The maximum atomic E-state index is 12.4. The molecule has 2 rings (SSSR count). The highest BCUT2D eigenvalue weighted by Gasteiger charge is 2.31. The summed E-state index contributed by atoms with van der Waals surface area (Å²) in [5.74, 6) is -1.21. The Bertz CT molecular complexity index is 973. The SMILES string of the molecule is CCOC(=O)c1c(C)oc(NC(=O)CCCOc2cc(C)c(Cl)c(C)c2)c1C(=O)OCC. The number of esters is 2. The van der Waals surface area contributed by atoms with Gasteiger partial charge in [0.15, 0.2) is 0 Å². The number of benzene rings is 1. The molecule has 174 valence electrons. The molecule has 32 heavy (non-hydrogen) atoms. The summed E-state index contributed by atoms with van der Waals surface area (Å²) in [6, 6.07) is 3.67. The van der Waals surface area contributed by atoms with E-state index < -0.39 is 17.8 Å². The van der Waals surface area contributed by atoms with Gasteiger partial charge in [0.2, 0.25) is 11.8 Å². The van der Waals surface area contributed by atoms with Gasteiger partial charge in [-0.05, 0) is 64.3 Å². The van der Waals surface area contributed by atoms with Crippen LogP contribution in [0.15, 0.2) is 16.5 Å². The summed E-state index contributed by atoms with van der Waals surface area (Å²) in [6.45, 7) is 9.11. The molecule has 0 spiro atoms. The summed E-state index contributed by atoms with van der Waals surface area (Å²) in [6.07, 6.45) is 0.536. The molecule has 2 aromatic rings. The molecule has 0 fully saturated rings. The molecule has 0 saturated heterocycles. The van der Waals surface area contributed by atoms with Crippen LogP contribution in [0.5, 0.6) is 5.75 Å². The second-order valence-corrected chi connectivity index (χ2v) is 7.43. The zero-order valence-corrected chi connectivity index (χ0v) is 19.7. The van der Waals surface area contributed by atoms with Gasteiger partial charge in [-0.15, -0.1) is 0 Å². The third-order valence-electron chi connectivity index (χ3n) is 4.52. The summed E-state index contributed by atoms with van der Waals surface area (Å²) in [7, 11) is 0. The van der Waals surface area contributed by atoms with E-state index in [1.807, 2.05) is 26.0 Å². The highest BCUT2D eigenvalue weighted by atomic mass is 35.5. The fourth-order valence-electron chi connectivity index (χ4n) is 3.08. The summed E-state index contributed by atoms with van der Waals surface area (Å²) in [5.41, 5.74) is 1.62. The van der Waals surface area contributed by atoms with E-state index in [9.17, 15) is 14.4 Å². The molecule has 0 aliphatic carbocycles. The standard InChI is InChI=1S/C23H28ClNO7/c1-6-29-22(27)18-15(5)32-21(19(18)23(28)30-7-2)25-17(26)9-8-10-31-16-11-13(3)20(24)14(4)12-16/h11-12H,6-10H2,1-5H3,(H,25,26). The minimum absolute atomic E-state index is 0.0580. The van der Waals surface area contributed by atoms with Gasteiger partial charge < -0.3 is 18.6 Å². The summed E-state index contributed by atoms with van der Waals surface area (Å²) in [4.78, 5) is 37.1. The molecule has 8 nitrogen and oxygen atoms in total. The summed E-state index contributed by atoms with van der Waals surface area (Å²) < 4.78 is 21.2. The van der Waals surface area contributed by atoms with Crippen LogP contribution < -0.4 is 10.1 Å². The Labute approximate surface area is 192 Å². The Morgan fingerprint density at radius 3 is 2.09 bits per heavy atom. The molecule has 0 unspecified atom stereocenters. The van der Waals surface area contributed by atoms with Crippen molar-refractivity contribution < 1.29 is 33.0 Å². The van der Waals surface area contributed by atoms with Gasteiger partial charge >= 0.3 is 11.9 Å². The van der Waals surface area contributed by atoms with Gasteiger partial charge in [0.1, 0.15) is 22.6 Å². The smallest absolute Gasteiger partial charge is 0.344 e. The summed E-state index contributed by atoms with van der Waals surface area (Å²) in [5, 5.41) is 3.24. The van der Waals surface area contributed by atoms with Crippen LogP contribution in [-0.4, -0.2) is 37.7 Å². The molecule has 0 atom stereocenters. The van der Waals surface area contributed by atoms with Crippen molar-refractivity contribution in [3.8, 4) is 5.75 Å². The van der Waals surface area contributed by atoms with Gasteiger partial charge in [0.05, 0.1) is 19.8 Å². The van der Waals surface area contributed by atoms with Crippen LogP contribution in [0.1, 0.15) is 64.3 Å². The van der Waals surface area contributed by atoms with E-state index in [-0.39, 0.29) is 42.4 Å². The van der Waals surface area contributed by atoms with Crippen molar-refractivity contribution >= 4 is 35.3 Å². The van der Waals surface area contributed by atoms with Gasteiger partial charge in [0, 0.05) is 11.4 Å². The number of hydrogen-bond acceptors (Lipinski definition) is 7. The third kappa shape index (κ3) is 6.26. The highest BCUT2D eigenvalue weighted by Crippen LogP contribution is 2.29. The minimum atomic E-state index is -0.778. The van der Waals surface area contributed by atoms with Crippen molar-refractivity contribution in [2.24, 2.45) is 0 Å². The predicted octanol–water partition coefficient (Wildman–Crippen LogP) is 5.01. The number of nitrogens with one attached hydrogen (secondary N) is 1. The van der Waals surface area contributed by atoms with Crippen molar-refractivity contribution in [2.45, 2.75) is 47.5 Å². The monoisotopic (exact) mass is 465 g/mol. The molecule has 0 bridgehead atoms. The maximum Gasteiger partial charge on any atom is 0.344 e. The third-order valence-corrected chi connectivity index (χ3v) is 5.12. The van der Waals surface area contributed by atoms with E-state index in [4.69, 9.17) is 30.2 Å². The number of halogens is 1. The van der Waals surface area contributed by atoms with E-state index in [1.165, 1.54) is 6.92 Å². The van der Waals surface area contributed by atoms with Crippen LogP contribution in [0.4, 0.5) is 5.88 Å². The van der Waals surface area contributed by atoms with Crippen LogP contribution in [0.3, 0.4) is 0 Å². The van der Waals surface area contributed by atoms with E-state index >= 15 is 0 Å². The molecule has 0 aliphatic heterocycles. The van der Waals surface area contributed by atoms with E-state index in [2.05, 4.69) is 5.32 Å². The average Bonchev–Trinajstić information content (AvgIpc) is 3.05. The first kappa shape index (κ1) is 25.3. The molecule has 0 aliphatic rings. The molecule has 0 radical (unpaired) electrons. The normalized spacial score (nSPS) is 10.6. The maximum absolute atomic E-state index is 12.4. The Kier molecular flexibility index (Phi) is 9.13. The molecular weight excluding hydrogens is 438 g/mol. The number of rotatable bonds is 10. The number of amides is 1. The number of hydrogen-bond donors (Lipinski definition) is 1. The first-order valence-corrected chi connectivity index (χ1v) is 10.7. The molecule has 1 N–H and O–H groups in total. The van der Waals surface area contributed by atoms with Crippen molar-refractivity contribution in [1.82, 2.24) is 0 Å². The first-order valence-electron chi connectivity index (χ1n) is 10.4. The lowest BCUT2D eigenvalue weighted by atomic mass is 10.1. The zero-order chi connectivity index (χ0) is 23.8. The Morgan fingerprint density at radius 2 is 1.53 bits per heavy atom. The van der Waals surface area contributed by atoms with Crippen molar-refractivity contribution in [3.63, 3.8) is 0 Å². The van der Waals surface area contributed by atoms with Gasteiger partial charge in [-0.1, -0.05) is 11.6 Å². The first-order chi connectivity index (χ1) is 15.2. The van der Waals surface area contributed by atoms with Crippen molar-refractivity contribution in [2.75, 3.05) is 25.1 Å². The van der Waals surface area contributed by atoms with Crippen LogP contribution >= 0.6 is 11.6 Å². The lowest BCUT2D eigenvalue weighted by Gasteiger charge is -2.10. The van der Waals surface area contributed by atoms with Gasteiger partial charge in [-0.3, -0.25) is 10.1 Å². The van der Waals surface area contributed by atoms with Crippen LogP contribution in [-0.2, 0) is 14.3 Å². The number of anilines is 1. The number of aryl methyl sites for hydroxylation is 3. The largest absolute Gasteiger partial charge is 0.494 e. The number of carbonyl (C=O) groups is 3. The van der Waals surface area contributed by atoms with Crippen LogP contribution in [0.2, 0.25) is 5.02 Å². The van der Waals surface area contributed by atoms with Crippen LogP contribution in [0, 0.1) is 20.8 Å². The molecule has 1 aromatic carbocycles.